The number of likely N-dealkylation sites (tertiary alicyclic amines) is 1. The van der Waals surface area contributed by atoms with E-state index in [-0.39, 0.29) is 23.7 Å². The van der Waals surface area contributed by atoms with E-state index in [0.717, 1.165) is 23.5 Å². The molecule has 1 saturated heterocycles. The number of hydrogen-bond acceptors (Lipinski definition) is 2. The minimum Gasteiger partial charge on any atom is -0.332 e. The second-order valence-corrected chi connectivity index (χ2v) is 6.75. The molecule has 0 spiro atoms. The lowest BCUT2D eigenvalue weighted by Crippen LogP contribution is -2.32. The van der Waals surface area contributed by atoms with Gasteiger partial charge in [-0.2, -0.15) is 13.2 Å². The molecule has 1 aliphatic heterocycles. The van der Waals surface area contributed by atoms with Crippen LogP contribution < -0.4 is 5.32 Å². The molecule has 0 radical (unpaired) electrons. The minimum atomic E-state index is -4.73. The third kappa shape index (κ3) is 3.96. The normalized spacial score (nSPS) is 20.0. The highest BCUT2D eigenvalue weighted by Crippen LogP contribution is 2.34. The van der Waals surface area contributed by atoms with E-state index in [1.807, 2.05) is 0 Å². The van der Waals surface area contributed by atoms with Gasteiger partial charge in [0.05, 0.1) is 12.1 Å². The topological polar surface area (TPSA) is 49.4 Å². The van der Waals surface area contributed by atoms with Gasteiger partial charge in [0.2, 0.25) is 5.91 Å². The highest BCUT2D eigenvalue weighted by Gasteiger charge is 2.41. The summed E-state index contributed by atoms with van der Waals surface area (Å²) < 4.78 is 66.0. The molecule has 2 fully saturated rings. The van der Waals surface area contributed by atoms with Crippen molar-refractivity contribution >= 4 is 17.5 Å². The first kappa shape index (κ1) is 18.6. The molecular formula is C17H17F5N2O2. The zero-order valence-corrected chi connectivity index (χ0v) is 13.7. The van der Waals surface area contributed by atoms with Gasteiger partial charge in [-0.1, -0.05) is 6.42 Å². The molecule has 2 aliphatic rings. The van der Waals surface area contributed by atoms with Crippen LogP contribution in [0, 0.1) is 5.92 Å². The lowest BCUT2D eigenvalue weighted by molar-refractivity contribution is -0.137. The number of nitrogens with zero attached hydrogens (tertiary/aromatic N) is 1. The number of carbonyl (C=O) groups is 2. The molecule has 0 aromatic heterocycles. The van der Waals surface area contributed by atoms with Crippen LogP contribution in [0.1, 0.15) is 41.6 Å². The zero-order chi connectivity index (χ0) is 19.1. The average Bonchev–Trinajstić information content (AvgIpc) is 2.83. The van der Waals surface area contributed by atoms with Gasteiger partial charge in [-0.05, 0) is 31.0 Å². The van der Waals surface area contributed by atoms with E-state index in [9.17, 15) is 31.5 Å². The molecule has 1 saturated carbocycles. The number of benzene rings is 1. The number of nitrogens with one attached hydrogen (secondary N) is 1. The monoisotopic (exact) mass is 376 g/mol. The molecule has 0 atom stereocenters. The van der Waals surface area contributed by atoms with Crippen molar-refractivity contribution in [1.82, 2.24) is 4.90 Å². The Labute approximate surface area is 146 Å². The van der Waals surface area contributed by atoms with Crippen LogP contribution in [0.4, 0.5) is 27.6 Å². The number of amides is 2. The van der Waals surface area contributed by atoms with E-state index >= 15 is 0 Å². The van der Waals surface area contributed by atoms with E-state index < -0.39 is 42.4 Å². The molecule has 2 amide bonds. The van der Waals surface area contributed by atoms with Gasteiger partial charge in [0.1, 0.15) is 0 Å². The summed E-state index contributed by atoms with van der Waals surface area (Å²) >= 11 is 0. The van der Waals surface area contributed by atoms with Crippen LogP contribution in [-0.4, -0.2) is 35.7 Å². The van der Waals surface area contributed by atoms with Crippen molar-refractivity contribution in [3.63, 3.8) is 0 Å². The Hall–Kier alpha value is -2.19. The molecule has 1 heterocycles. The summed E-state index contributed by atoms with van der Waals surface area (Å²) in [5.41, 5.74) is -1.65. The highest BCUT2D eigenvalue weighted by molar-refractivity contribution is 5.98. The molecular weight excluding hydrogens is 359 g/mol. The Balaban J connectivity index is 1.87. The summed E-state index contributed by atoms with van der Waals surface area (Å²) in [6.45, 7) is -1.06. The van der Waals surface area contributed by atoms with Crippen LogP contribution in [0.15, 0.2) is 18.2 Å². The molecule has 0 unspecified atom stereocenters. The molecule has 1 aromatic carbocycles. The first-order valence-corrected chi connectivity index (χ1v) is 8.25. The number of alkyl halides is 5. The maximum atomic E-state index is 13.3. The maximum Gasteiger partial charge on any atom is 0.416 e. The fourth-order valence-corrected chi connectivity index (χ4v) is 2.99. The third-order valence-corrected chi connectivity index (χ3v) is 4.71. The Bertz CT molecular complexity index is 728. The number of hydrogen-bond donors (Lipinski definition) is 1. The molecule has 1 aromatic rings. The summed E-state index contributed by atoms with van der Waals surface area (Å²) in [4.78, 5) is 25.2. The molecule has 26 heavy (non-hydrogen) atoms. The number of anilines is 1. The predicted molar refractivity (Wildman–Crippen MR) is 82.9 cm³/mol. The summed E-state index contributed by atoms with van der Waals surface area (Å²) in [6.07, 6.45) is -3.05. The van der Waals surface area contributed by atoms with Crippen LogP contribution in [0.3, 0.4) is 0 Å². The van der Waals surface area contributed by atoms with Crippen LogP contribution in [0.2, 0.25) is 0 Å². The van der Waals surface area contributed by atoms with Gasteiger partial charge in [-0.3, -0.25) is 9.59 Å². The quantitative estimate of drug-likeness (QED) is 0.813. The maximum absolute atomic E-state index is 13.3. The average molecular weight is 376 g/mol. The van der Waals surface area contributed by atoms with Crippen molar-refractivity contribution in [2.75, 3.05) is 18.4 Å². The number of carbonyl (C=O) groups excluding carboxylic acids is 2. The number of rotatable bonds is 3. The minimum absolute atomic E-state index is 0.161. The van der Waals surface area contributed by atoms with Gasteiger partial charge in [0.25, 0.3) is 11.8 Å². The lowest BCUT2D eigenvalue weighted by atomic mass is 9.85. The van der Waals surface area contributed by atoms with Crippen molar-refractivity contribution in [2.24, 2.45) is 5.92 Å². The van der Waals surface area contributed by atoms with Crippen molar-refractivity contribution in [2.45, 2.75) is 37.8 Å². The van der Waals surface area contributed by atoms with Crippen LogP contribution in [0.5, 0.6) is 0 Å². The standard InChI is InChI=1S/C17H17F5N2O2/c18-16(19)4-5-24(9-16)15(26)11-6-12(17(20,21)22)8-13(7-11)23-14(25)10-2-1-3-10/h6-8,10H,1-5,9H2,(H,23,25). The number of halogens is 5. The molecule has 4 nitrogen and oxygen atoms in total. The van der Waals surface area contributed by atoms with Gasteiger partial charge in [0.15, 0.2) is 0 Å². The van der Waals surface area contributed by atoms with Crippen molar-refractivity contribution < 1.29 is 31.5 Å². The fourth-order valence-electron chi connectivity index (χ4n) is 2.99. The van der Waals surface area contributed by atoms with E-state index in [0.29, 0.717) is 18.9 Å². The van der Waals surface area contributed by atoms with Crippen LogP contribution in [-0.2, 0) is 11.0 Å². The molecule has 0 bridgehead atoms. The SMILES string of the molecule is O=C(Nc1cc(C(=O)N2CCC(F)(F)C2)cc(C(F)(F)F)c1)C1CCC1. The Kier molecular flexibility index (Phi) is 4.66. The van der Waals surface area contributed by atoms with E-state index in [2.05, 4.69) is 5.32 Å². The summed E-state index contributed by atoms with van der Waals surface area (Å²) in [5, 5.41) is 2.40. The third-order valence-electron chi connectivity index (χ3n) is 4.71. The summed E-state index contributed by atoms with van der Waals surface area (Å²) in [5.74, 6) is -4.60. The molecule has 9 heteroatoms. The second-order valence-electron chi connectivity index (χ2n) is 6.75. The van der Waals surface area contributed by atoms with E-state index in [4.69, 9.17) is 0 Å². The van der Waals surface area contributed by atoms with Crippen molar-refractivity contribution in [3.05, 3.63) is 29.3 Å². The first-order chi connectivity index (χ1) is 12.0. The Morgan fingerprint density at radius 2 is 1.85 bits per heavy atom. The van der Waals surface area contributed by atoms with Crippen LogP contribution in [0.25, 0.3) is 0 Å². The molecule has 1 N–H and O–H groups in total. The van der Waals surface area contributed by atoms with E-state index in [1.165, 1.54) is 0 Å². The lowest BCUT2D eigenvalue weighted by Gasteiger charge is -2.24. The van der Waals surface area contributed by atoms with E-state index in [1.54, 1.807) is 0 Å². The van der Waals surface area contributed by atoms with Gasteiger partial charge in [-0.25, -0.2) is 8.78 Å². The van der Waals surface area contributed by atoms with Crippen molar-refractivity contribution in [1.29, 1.82) is 0 Å². The smallest absolute Gasteiger partial charge is 0.332 e. The largest absolute Gasteiger partial charge is 0.416 e. The Morgan fingerprint density at radius 1 is 1.15 bits per heavy atom. The molecule has 142 valence electrons. The summed E-state index contributed by atoms with van der Waals surface area (Å²) in [7, 11) is 0. The van der Waals surface area contributed by atoms with Crippen molar-refractivity contribution in [3.8, 4) is 0 Å². The van der Waals surface area contributed by atoms with Gasteiger partial charge in [0, 0.05) is 30.1 Å². The predicted octanol–water partition coefficient (Wildman–Crippen LogP) is 3.93. The van der Waals surface area contributed by atoms with Gasteiger partial charge < -0.3 is 10.2 Å². The summed E-state index contributed by atoms with van der Waals surface area (Å²) in [6, 6.07) is 2.47. The first-order valence-electron chi connectivity index (χ1n) is 8.25. The molecule has 3 rings (SSSR count). The van der Waals surface area contributed by atoms with Crippen LogP contribution >= 0.6 is 0 Å². The Morgan fingerprint density at radius 3 is 2.35 bits per heavy atom. The zero-order valence-electron chi connectivity index (χ0n) is 13.7. The highest BCUT2D eigenvalue weighted by atomic mass is 19.4. The van der Waals surface area contributed by atoms with Gasteiger partial charge >= 0.3 is 6.18 Å². The molecule has 1 aliphatic carbocycles. The fraction of sp³-hybridized carbons (Fsp3) is 0.529. The van der Waals surface area contributed by atoms with Gasteiger partial charge in [-0.15, -0.1) is 0 Å². The second kappa shape index (κ2) is 6.51.